The number of aromatic nitrogens is 1. The van der Waals surface area contributed by atoms with E-state index in [0.29, 0.717) is 12.3 Å². The van der Waals surface area contributed by atoms with E-state index in [1.54, 1.807) is 6.92 Å². The zero-order valence-corrected chi connectivity index (χ0v) is 18.1. The summed E-state index contributed by atoms with van der Waals surface area (Å²) in [7, 11) is 0. The van der Waals surface area contributed by atoms with Gasteiger partial charge in [-0.1, -0.05) is 78.9 Å². The Morgan fingerprint density at radius 1 is 0.812 bits per heavy atom. The Hall–Kier alpha value is -3.85. The van der Waals surface area contributed by atoms with Gasteiger partial charge in [0.15, 0.2) is 5.78 Å². The molecule has 0 saturated heterocycles. The summed E-state index contributed by atoms with van der Waals surface area (Å²) in [6.45, 7) is 2.22. The van der Waals surface area contributed by atoms with Crippen LogP contribution in [-0.2, 0) is 6.42 Å². The van der Waals surface area contributed by atoms with Crippen LogP contribution in [0.1, 0.15) is 29.4 Å². The molecule has 0 aliphatic carbocycles. The number of aryl methyl sites for hydroxylation is 1. The van der Waals surface area contributed by atoms with E-state index in [0.717, 1.165) is 46.0 Å². The van der Waals surface area contributed by atoms with Gasteiger partial charge in [-0.3, -0.25) is 4.79 Å². The van der Waals surface area contributed by atoms with Crippen molar-refractivity contribution in [1.29, 1.82) is 0 Å². The third kappa shape index (κ3) is 3.90. The van der Waals surface area contributed by atoms with Crippen LogP contribution in [0.4, 0.5) is 0 Å². The van der Waals surface area contributed by atoms with Crippen LogP contribution in [0.5, 0.6) is 5.75 Å². The molecule has 0 unspecified atom stereocenters. The molecule has 0 saturated carbocycles. The lowest BCUT2D eigenvalue weighted by Crippen LogP contribution is -2.03. The second-order valence-corrected chi connectivity index (χ2v) is 8.09. The first kappa shape index (κ1) is 20.1. The van der Waals surface area contributed by atoms with Crippen LogP contribution < -0.4 is 4.74 Å². The smallest absolute Gasteiger partial charge is 0.176 e. The zero-order valence-electron chi connectivity index (χ0n) is 18.1. The van der Waals surface area contributed by atoms with Gasteiger partial charge in [-0.25, -0.2) is 0 Å². The summed E-state index contributed by atoms with van der Waals surface area (Å²) in [5, 5.41) is 3.41. The molecule has 0 aliphatic rings. The molecule has 1 heterocycles. The van der Waals surface area contributed by atoms with Crippen molar-refractivity contribution in [1.82, 2.24) is 4.98 Å². The first-order chi connectivity index (χ1) is 15.7. The molecule has 158 valence electrons. The molecule has 5 rings (SSSR count). The summed E-state index contributed by atoms with van der Waals surface area (Å²) in [5.41, 5.74) is 5.09. The van der Waals surface area contributed by atoms with Crippen LogP contribution in [0.25, 0.3) is 32.8 Å². The fraction of sp³-hybridized carbons (Fsp3) is 0.138. The normalized spacial score (nSPS) is 11.2. The van der Waals surface area contributed by atoms with Crippen LogP contribution in [0, 0.1) is 0 Å². The van der Waals surface area contributed by atoms with Crippen molar-refractivity contribution in [3.63, 3.8) is 0 Å². The van der Waals surface area contributed by atoms with E-state index in [-0.39, 0.29) is 5.78 Å². The van der Waals surface area contributed by atoms with E-state index in [1.807, 2.05) is 42.5 Å². The number of fused-ring (bicyclic) bond motifs is 2. The number of nitrogens with one attached hydrogen (secondary N) is 1. The number of carbonyl (C=O) groups excluding carboxylic acids is 1. The van der Waals surface area contributed by atoms with E-state index in [1.165, 1.54) is 10.9 Å². The lowest BCUT2D eigenvalue weighted by atomic mass is 10.0. The van der Waals surface area contributed by atoms with Crippen molar-refractivity contribution in [2.24, 2.45) is 0 Å². The number of H-pyrrole nitrogens is 1. The monoisotopic (exact) mass is 419 g/mol. The topological polar surface area (TPSA) is 42.1 Å². The molecule has 3 nitrogen and oxygen atoms in total. The number of ketones is 1. The van der Waals surface area contributed by atoms with E-state index in [4.69, 9.17) is 4.74 Å². The van der Waals surface area contributed by atoms with Gasteiger partial charge in [0.1, 0.15) is 5.75 Å². The highest BCUT2D eigenvalue weighted by atomic mass is 16.5. The molecule has 0 radical (unpaired) electrons. The van der Waals surface area contributed by atoms with Gasteiger partial charge in [0.2, 0.25) is 0 Å². The molecule has 32 heavy (non-hydrogen) atoms. The third-order valence-corrected chi connectivity index (χ3v) is 5.94. The van der Waals surface area contributed by atoms with Crippen molar-refractivity contribution in [2.75, 3.05) is 6.61 Å². The maximum Gasteiger partial charge on any atom is 0.176 e. The third-order valence-electron chi connectivity index (χ3n) is 5.94. The van der Waals surface area contributed by atoms with Crippen molar-refractivity contribution in [3.8, 4) is 16.9 Å². The second-order valence-electron chi connectivity index (χ2n) is 8.09. The number of Topliss-reactive ketones (excluding diaryl/α,β-unsaturated/α-hetero) is 1. The van der Waals surface area contributed by atoms with Crippen LogP contribution in [0.2, 0.25) is 0 Å². The lowest BCUT2D eigenvalue weighted by Gasteiger charge is -2.09. The fourth-order valence-corrected chi connectivity index (χ4v) is 4.38. The number of carbonyl (C=O) groups is 1. The average Bonchev–Trinajstić information content (AvgIpc) is 3.20. The van der Waals surface area contributed by atoms with Gasteiger partial charge >= 0.3 is 0 Å². The zero-order chi connectivity index (χ0) is 21.9. The van der Waals surface area contributed by atoms with Crippen LogP contribution in [0.3, 0.4) is 0 Å². The number of rotatable bonds is 7. The predicted octanol–water partition coefficient (Wildman–Crippen LogP) is 7.20. The molecule has 1 aromatic heterocycles. The molecular formula is C29H25NO2. The molecule has 5 aromatic rings. The van der Waals surface area contributed by atoms with Crippen LogP contribution in [-0.4, -0.2) is 17.4 Å². The van der Waals surface area contributed by atoms with Gasteiger partial charge in [-0.15, -0.1) is 0 Å². The number of hydrogen-bond acceptors (Lipinski definition) is 2. The van der Waals surface area contributed by atoms with E-state index in [2.05, 4.69) is 53.5 Å². The fourth-order valence-electron chi connectivity index (χ4n) is 4.38. The average molecular weight is 420 g/mol. The van der Waals surface area contributed by atoms with Crippen LogP contribution >= 0.6 is 0 Å². The summed E-state index contributed by atoms with van der Waals surface area (Å²) in [4.78, 5) is 15.7. The first-order valence-corrected chi connectivity index (χ1v) is 11.0. The van der Waals surface area contributed by atoms with Crippen LogP contribution in [0.15, 0.2) is 91.0 Å². The molecule has 0 spiro atoms. The Morgan fingerprint density at radius 2 is 1.59 bits per heavy atom. The molecule has 0 bridgehead atoms. The minimum atomic E-state index is 0.0624. The SMILES string of the molecule is CC(=O)c1[nH]c2cc(-c3ccccc3)ccc2c1CCCOc1cccc2ccccc12. The minimum Gasteiger partial charge on any atom is -0.493 e. The van der Waals surface area contributed by atoms with E-state index in [9.17, 15) is 4.79 Å². The van der Waals surface area contributed by atoms with Crippen molar-refractivity contribution in [3.05, 3.63) is 102 Å². The molecule has 0 aliphatic heterocycles. The summed E-state index contributed by atoms with van der Waals surface area (Å²) in [5.74, 6) is 0.966. The number of hydrogen-bond donors (Lipinski definition) is 1. The summed E-state index contributed by atoms with van der Waals surface area (Å²) in [6, 6.07) is 31.1. The summed E-state index contributed by atoms with van der Waals surface area (Å²) >= 11 is 0. The summed E-state index contributed by atoms with van der Waals surface area (Å²) < 4.78 is 6.11. The van der Waals surface area contributed by atoms with Crippen molar-refractivity contribution in [2.45, 2.75) is 19.8 Å². The quantitative estimate of drug-likeness (QED) is 0.224. The van der Waals surface area contributed by atoms with Gasteiger partial charge in [0.25, 0.3) is 0 Å². The highest BCUT2D eigenvalue weighted by Gasteiger charge is 2.15. The highest BCUT2D eigenvalue weighted by Crippen LogP contribution is 2.30. The molecular weight excluding hydrogens is 394 g/mol. The minimum absolute atomic E-state index is 0.0624. The molecule has 0 fully saturated rings. The van der Waals surface area contributed by atoms with E-state index >= 15 is 0 Å². The molecule has 0 amide bonds. The van der Waals surface area contributed by atoms with Gasteiger partial charge in [-0.05, 0) is 47.1 Å². The maximum absolute atomic E-state index is 12.3. The van der Waals surface area contributed by atoms with Gasteiger partial charge in [0.05, 0.1) is 12.3 Å². The largest absolute Gasteiger partial charge is 0.493 e. The number of aromatic amines is 1. The lowest BCUT2D eigenvalue weighted by molar-refractivity contribution is 0.101. The Morgan fingerprint density at radius 3 is 2.44 bits per heavy atom. The Bertz CT molecular complexity index is 1390. The Balaban J connectivity index is 1.36. The standard InChI is InChI=1S/C29H25NO2/c1-20(31)29-26(14-8-18-32-28-15-7-12-22-11-5-6-13-24(22)28)25-17-16-23(19-27(25)30-29)21-9-3-2-4-10-21/h2-7,9-13,15-17,19,30H,8,14,18H2,1H3. The number of ether oxygens (including phenoxy) is 1. The Kier molecular flexibility index (Phi) is 5.47. The van der Waals surface area contributed by atoms with Crippen molar-refractivity contribution >= 4 is 27.5 Å². The second kappa shape index (κ2) is 8.72. The number of benzene rings is 4. The predicted molar refractivity (Wildman–Crippen MR) is 132 cm³/mol. The first-order valence-electron chi connectivity index (χ1n) is 11.0. The molecule has 3 heteroatoms. The maximum atomic E-state index is 12.3. The Labute approximate surface area is 187 Å². The molecule has 1 N–H and O–H groups in total. The highest BCUT2D eigenvalue weighted by molar-refractivity contribution is 6.01. The van der Waals surface area contributed by atoms with Gasteiger partial charge in [0, 0.05) is 23.2 Å². The van der Waals surface area contributed by atoms with E-state index < -0.39 is 0 Å². The summed E-state index contributed by atoms with van der Waals surface area (Å²) in [6.07, 6.45) is 1.61. The van der Waals surface area contributed by atoms with Crippen molar-refractivity contribution < 1.29 is 9.53 Å². The van der Waals surface area contributed by atoms with Gasteiger partial charge < -0.3 is 9.72 Å². The molecule has 0 atom stereocenters. The van der Waals surface area contributed by atoms with Gasteiger partial charge in [-0.2, -0.15) is 0 Å². The molecule has 4 aromatic carbocycles.